The minimum atomic E-state index is -0.148. The van der Waals surface area contributed by atoms with Crippen LogP contribution in [0.5, 0.6) is 5.75 Å². The van der Waals surface area contributed by atoms with Crippen molar-refractivity contribution in [2.75, 3.05) is 0 Å². The molecule has 0 saturated heterocycles. The van der Waals surface area contributed by atoms with Crippen LogP contribution >= 0.6 is 11.6 Å². The van der Waals surface area contributed by atoms with Gasteiger partial charge in [0.15, 0.2) is 0 Å². The molecule has 1 aromatic carbocycles. The van der Waals surface area contributed by atoms with E-state index >= 15 is 0 Å². The number of halogens is 1. The summed E-state index contributed by atoms with van der Waals surface area (Å²) >= 11 is 5.82. The van der Waals surface area contributed by atoms with Crippen molar-refractivity contribution >= 4 is 23.4 Å². The van der Waals surface area contributed by atoms with E-state index in [4.69, 9.17) is 21.6 Å². The molecule has 0 spiro atoms. The largest absolute Gasteiger partial charge is 0.487 e. The topological polar surface area (TPSA) is 67.9 Å². The van der Waals surface area contributed by atoms with Gasteiger partial charge in [0.25, 0.3) is 5.56 Å². The van der Waals surface area contributed by atoms with Crippen molar-refractivity contribution in [3.8, 4) is 11.8 Å². The molecule has 0 atom stereocenters. The maximum Gasteiger partial charge on any atom is 0.258 e. The molecule has 0 amide bonds. The van der Waals surface area contributed by atoms with Gasteiger partial charge in [-0.3, -0.25) is 14.3 Å². The van der Waals surface area contributed by atoms with Gasteiger partial charge in [0.05, 0.1) is 22.3 Å². The minimum absolute atomic E-state index is 0.148. The summed E-state index contributed by atoms with van der Waals surface area (Å²) in [5.41, 5.74) is 4.34. The number of nitriles is 1. The first kappa shape index (κ1) is 18.0. The van der Waals surface area contributed by atoms with E-state index < -0.39 is 0 Å². The van der Waals surface area contributed by atoms with Crippen molar-refractivity contribution in [1.29, 1.82) is 5.26 Å². The average Bonchev–Trinajstić information content (AvgIpc) is 2.72. The van der Waals surface area contributed by atoms with Crippen molar-refractivity contribution in [3.05, 3.63) is 92.6 Å². The second kappa shape index (κ2) is 7.71. The number of aromatic nitrogens is 2. The van der Waals surface area contributed by atoms with Crippen LogP contribution in [0.3, 0.4) is 0 Å². The number of benzene rings is 1. The molecule has 0 unspecified atom stereocenters. The predicted octanol–water partition coefficient (Wildman–Crippen LogP) is 4.29. The number of ether oxygens (including phenoxy) is 1. The van der Waals surface area contributed by atoms with Crippen molar-refractivity contribution in [2.45, 2.75) is 19.4 Å². The van der Waals surface area contributed by atoms with E-state index in [-0.39, 0.29) is 12.2 Å². The van der Waals surface area contributed by atoms with Crippen LogP contribution in [0.15, 0.2) is 59.7 Å². The summed E-state index contributed by atoms with van der Waals surface area (Å²) in [6.45, 7) is 0.262. The molecule has 28 heavy (non-hydrogen) atoms. The maximum absolute atomic E-state index is 12.6. The fourth-order valence-corrected chi connectivity index (χ4v) is 3.29. The van der Waals surface area contributed by atoms with E-state index in [0.717, 1.165) is 35.4 Å². The van der Waals surface area contributed by atoms with Gasteiger partial charge < -0.3 is 4.74 Å². The van der Waals surface area contributed by atoms with E-state index in [9.17, 15) is 4.79 Å². The van der Waals surface area contributed by atoms with Gasteiger partial charge in [-0.25, -0.2) is 0 Å². The number of hydrogen-bond acceptors (Lipinski definition) is 4. The van der Waals surface area contributed by atoms with Crippen LogP contribution in [-0.2, 0) is 13.0 Å². The van der Waals surface area contributed by atoms with Gasteiger partial charge in [-0.15, -0.1) is 0 Å². The summed E-state index contributed by atoms with van der Waals surface area (Å²) in [5, 5.41) is 9.59. The Bertz CT molecular complexity index is 1160. The zero-order valence-corrected chi connectivity index (χ0v) is 15.7. The van der Waals surface area contributed by atoms with Crippen molar-refractivity contribution < 1.29 is 4.74 Å². The molecule has 2 aromatic heterocycles. The van der Waals surface area contributed by atoms with Crippen LogP contribution < -0.4 is 10.3 Å². The molecule has 1 aliphatic carbocycles. The van der Waals surface area contributed by atoms with Gasteiger partial charge in [0, 0.05) is 24.2 Å². The van der Waals surface area contributed by atoms with E-state index in [1.807, 2.05) is 18.2 Å². The number of hydrogen-bond donors (Lipinski definition) is 0. The van der Waals surface area contributed by atoms with Gasteiger partial charge in [0.1, 0.15) is 12.4 Å². The van der Waals surface area contributed by atoms with Crippen molar-refractivity contribution in [3.63, 3.8) is 0 Å². The van der Waals surface area contributed by atoms with Gasteiger partial charge in [-0.05, 0) is 60.4 Å². The number of allylic oxidation sites excluding steroid dienone is 1. The van der Waals surface area contributed by atoms with E-state index in [2.05, 4.69) is 11.1 Å². The lowest BCUT2D eigenvalue weighted by Gasteiger charge is -2.18. The van der Waals surface area contributed by atoms with Gasteiger partial charge in [0.2, 0.25) is 0 Å². The fourth-order valence-electron chi connectivity index (χ4n) is 3.17. The molecular formula is C22H16ClN3O2. The van der Waals surface area contributed by atoms with Crippen LogP contribution in [-0.4, -0.2) is 9.55 Å². The standard InChI is InChI=1S/C22H16ClN3O2/c23-18-4-5-19(25-13-18)14-28-21-7-8-26(22(27)11-21)20-6-3-16-9-15(12-24)1-2-17(16)10-20/h1-2,4-5,7-11,13H,3,6,14H2. The number of aryl methyl sites for hydroxylation is 1. The lowest BCUT2D eigenvalue weighted by atomic mass is 9.93. The molecule has 3 aromatic rings. The van der Waals surface area contributed by atoms with Crippen LogP contribution in [0.4, 0.5) is 0 Å². The molecule has 0 saturated carbocycles. The molecular weight excluding hydrogens is 374 g/mol. The predicted molar refractivity (Wildman–Crippen MR) is 108 cm³/mol. The molecule has 0 bridgehead atoms. The highest BCUT2D eigenvalue weighted by Gasteiger charge is 2.13. The highest BCUT2D eigenvalue weighted by atomic mass is 35.5. The Labute approximate surface area is 167 Å². The van der Waals surface area contributed by atoms with Gasteiger partial charge in [-0.2, -0.15) is 5.26 Å². The first-order valence-electron chi connectivity index (χ1n) is 8.82. The van der Waals surface area contributed by atoms with Gasteiger partial charge in [-0.1, -0.05) is 17.7 Å². The lowest BCUT2D eigenvalue weighted by molar-refractivity contribution is 0.300. The monoisotopic (exact) mass is 389 g/mol. The quantitative estimate of drug-likeness (QED) is 0.667. The minimum Gasteiger partial charge on any atom is -0.487 e. The Morgan fingerprint density at radius 2 is 2.07 bits per heavy atom. The average molecular weight is 390 g/mol. The summed E-state index contributed by atoms with van der Waals surface area (Å²) in [7, 11) is 0. The molecule has 2 heterocycles. The van der Waals surface area contributed by atoms with Gasteiger partial charge >= 0.3 is 0 Å². The third kappa shape index (κ3) is 3.83. The smallest absolute Gasteiger partial charge is 0.258 e. The Morgan fingerprint density at radius 1 is 1.18 bits per heavy atom. The lowest BCUT2D eigenvalue weighted by Crippen LogP contribution is -2.19. The Hall–Kier alpha value is -3.36. The highest BCUT2D eigenvalue weighted by molar-refractivity contribution is 6.30. The number of nitrogens with zero attached hydrogens (tertiary/aromatic N) is 3. The number of pyridine rings is 2. The molecule has 5 nitrogen and oxygen atoms in total. The third-order valence-corrected chi connectivity index (χ3v) is 4.84. The molecule has 0 radical (unpaired) electrons. The van der Waals surface area contributed by atoms with Crippen LogP contribution in [0.25, 0.3) is 11.8 Å². The Balaban J connectivity index is 1.53. The summed E-state index contributed by atoms with van der Waals surface area (Å²) in [6, 6.07) is 14.6. The van der Waals surface area contributed by atoms with E-state index in [1.54, 1.807) is 41.2 Å². The molecule has 1 aliphatic rings. The molecule has 0 fully saturated rings. The molecule has 0 aliphatic heterocycles. The van der Waals surface area contributed by atoms with E-state index in [1.165, 1.54) is 6.07 Å². The molecule has 6 heteroatoms. The second-order valence-corrected chi connectivity index (χ2v) is 6.92. The summed E-state index contributed by atoms with van der Waals surface area (Å²) in [5.74, 6) is 0.494. The maximum atomic E-state index is 12.6. The normalized spacial score (nSPS) is 12.6. The molecule has 138 valence electrons. The van der Waals surface area contributed by atoms with Crippen molar-refractivity contribution in [1.82, 2.24) is 9.55 Å². The zero-order chi connectivity index (χ0) is 19.5. The van der Waals surface area contributed by atoms with E-state index in [0.29, 0.717) is 16.3 Å². The number of fused-ring (bicyclic) bond motifs is 1. The molecule has 0 N–H and O–H groups in total. The van der Waals surface area contributed by atoms with Crippen molar-refractivity contribution in [2.24, 2.45) is 0 Å². The van der Waals surface area contributed by atoms with Crippen LogP contribution in [0.1, 0.15) is 28.8 Å². The third-order valence-electron chi connectivity index (χ3n) is 4.62. The SMILES string of the molecule is N#Cc1ccc2c(c1)CCC(n1ccc(OCc3ccc(Cl)cn3)cc1=O)=C2. The Kier molecular flexibility index (Phi) is 4.96. The summed E-state index contributed by atoms with van der Waals surface area (Å²) in [6.07, 6.45) is 6.82. The summed E-state index contributed by atoms with van der Waals surface area (Å²) < 4.78 is 7.30. The Morgan fingerprint density at radius 3 is 2.82 bits per heavy atom. The number of rotatable bonds is 4. The second-order valence-electron chi connectivity index (χ2n) is 6.49. The van der Waals surface area contributed by atoms with Crippen LogP contribution in [0.2, 0.25) is 5.02 Å². The summed E-state index contributed by atoms with van der Waals surface area (Å²) in [4.78, 5) is 16.7. The zero-order valence-electron chi connectivity index (χ0n) is 14.9. The first-order valence-corrected chi connectivity index (χ1v) is 9.20. The molecule has 4 rings (SSSR count). The van der Waals surface area contributed by atoms with Crippen LogP contribution in [0, 0.1) is 11.3 Å². The highest BCUT2D eigenvalue weighted by Crippen LogP contribution is 2.27. The first-order chi connectivity index (χ1) is 13.6. The fraction of sp³-hybridized carbons (Fsp3) is 0.136.